The lowest BCUT2D eigenvalue weighted by molar-refractivity contribution is -0.120. The zero-order valence-corrected chi connectivity index (χ0v) is 16.2. The van der Waals surface area contributed by atoms with Gasteiger partial charge in [0.1, 0.15) is 11.3 Å². The molecule has 2 aromatic heterocycles. The van der Waals surface area contributed by atoms with E-state index in [1.165, 1.54) is 12.8 Å². The fourth-order valence-electron chi connectivity index (χ4n) is 4.13. The summed E-state index contributed by atoms with van der Waals surface area (Å²) in [7, 11) is 0. The SMILES string of the molecule is [C-]#[N+]c1ccc2ncc3nc(CC(=O)NCC4CC4)n(C4CCOCC4)c3c2c1. The first kappa shape index (κ1) is 18.1. The van der Waals surface area contributed by atoms with Crippen LogP contribution in [-0.4, -0.2) is 40.2 Å². The smallest absolute Gasteiger partial charge is 0.227 e. The number of pyridine rings is 1. The van der Waals surface area contributed by atoms with Crippen LogP contribution >= 0.6 is 0 Å². The number of fused-ring (bicyclic) bond motifs is 3. The zero-order chi connectivity index (χ0) is 19.8. The van der Waals surface area contributed by atoms with Gasteiger partial charge in [-0.25, -0.2) is 9.83 Å². The van der Waals surface area contributed by atoms with Crippen molar-refractivity contribution in [2.45, 2.75) is 38.1 Å². The van der Waals surface area contributed by atoms with E-state index < -0.39 is 0 Å². The average Bonchev–Trinajstić information content (AvgIpc) is 3.52. The number of carbonyl (C=O) groups is 1. The van der Waals surface area contributed by atoms with Crippen LogP contribution in [0.15, 0.2) is 24.4 Å². The Morgan fingerprint density at radius 3 is 2.83 bits per heavy atom. The molecule has 1 saturated heterocycles. The molecule has 3 heterocycles. The largest absolute Gasteiger partial charge is 0.381 e. The van der Waals surface area contributed by atoms with Gasteiger partial charge in [0.2, 0.25) is 5.91 Å². The molecule has 1 aliphatic heterocycles. The Bertz CT molecular complexity index is 1120. The van der Waals surface area contributed by atoms with Crippen molar-refractivity contribution in [2.24, 2.45) is 5.92 Å². The van der Waals surface area contributed by atoms with Crippen molar-refractivity contribution in [2.75, 3.05) is 19.8 Å². The van der Waals surface area contributed by atoms with E-state index in [0.29, 0.717) is 24.8 Å². The Hall–Kier alpha value is -2.98. The predicted octanol–water partition coefficient (Wildman–Crippen LogP) is 3.56. The molecule has 0 radical (unpaired) electrons. The maximum Gasteiger partial charge on any atom is 0.227 e. The summed E-state index contributed by atoms with van der Waals surface area (Å²) in [5, 5.41) is 3.97. The number of hydrogen-bond acceptors (Lipinski definition) is 4. The fraction of sp³-hybridized carbons (Fsp3) is 0.455. The number of imidazole rings is 1. The summed E-state index contributed by atoms with van der Waals surface area (Å²) in [6.45, 7) is 9.54. The number of rotatable bonds is 5. The minimum Gasteiger partial charge on any atom is -0.381 e. The molecule has 7 heteroatoms. The number of nitrogens with zero attached hydrogens (tertiary/aromatic N) is 4. The van der Waals surface area contributed by atoms with Crippen LogP contribution in [0.1, 0.15) is 37.5 Å². The van der Waals surface area contributed by atoms with E-state index in [4.69, 9.17) is 16.3 Å². The first-order chi connectivity index (χ1) is 14.2. The van der Waals surface area contributed by atoms with Crippen LogP contribution in [0.2, 0.25) is 0 Å². The molecule has 1 N–H and O–H groups in total. The van der Waals surface area contributed by atoms with Gasteiger partial charge in [0, 0.05) is 31.2 Å². The van der Waals surface area contributed by atoms with Crippen LogP contribution in [-0.2, 0) is 16.0 Å². The van der Waals surface area contributed by atoms with E-state index in [2.05, 4.69) is 19.7 Å². The summed E-state index contributed by atoms with van der Waals surface area (Å²) in [5.41, 5.74) is 3.16. The highest BCUT2D eigenvalue weighted by Crippen LogP contribution is 2.33. The molecule has 0 atom stereocenters. The minimum atomic E-state index is 0.0135. The standard InChI is InChI=1S/C22H23N5O2/c1-23-15-4-5-18-17(10-15)22-19(13-24-18)26-20(11-21(28)25-12-14-2-3-14)27(22)16-6-8-29-9-7-16/h4-5,10,13-14,16H,2-3,6-9,11-12H2,(H,25,28). The van der Waals surface area contributed by atoms with E-state index in [1.54, 1.807) is 12.3 Å². The second-order valence-corrected chi connectivity index (χ2v) is 7.97. The van der Waals surface area contributed by atoms with Gasteiger partial charge in [0.15, 0.2) is 5.69 Å². The number of hydrogen-bond donors (Lipinski definition) is 1. The predicted molar refractivity (Wildman–Crippen MR) is 110 cm³/mol. The van der Waals surface area contributed by atoms with E-state index >= 15 is 0 Å². The first-order valence-electron chi connectivity index (χ1n) is 10.2. The second kappa shape index (κ2) is 7.45. The zero-order valence-electron chi connectivity index (χ0n) is 16.2. The van der Waals surface area contributed by atoms with E-state index in [-0.39, 0.29) is 18.4 Å². The summed E-state index contributed by atoms with van der Waals surface area (Å²) < 4.78 is 7.78. The number of nitrogens with one attached hydrogen (secondary N) is 1. The highest BCUT2D eigenvalue weighted by atomic mass is 16.5. The van der Waals surface area contributed by atoms with Crippen molar-refractivity contribution in [3.8, 4) is 0 Å². The molecule has 1 saturated carbocycles. The van der Waals surface area contributed by atoms with Crippen molar-refractivity contribution in [1.82, 2.24) is 19.9 Å². The molecule has 5 rings (SSSR count). The van der Waals surface area contributed by atoms with Crippen molar-refractivity contribution in [3.63, 3.8) is 0 Å². The molecular weight excluding hydrogens is 366 g/mol. The van der Waals surface area contributed by atoms with Gasteiger partial charge in [-0.3, -0.25) is 9.78 Å². The molecule has 0 spiro atoms. The van der Waals surface area contributed by atoms with Crippen LogP contribution in [0.5, 0.6) is 0 Å². The number of amides is 1. The highest BCUT2D eigenvalue weighted by molar-refractivity contribution is 6.04. The van der Waals surface area contributed by atoms with Crippen LogP contribution in [0, 0.1) is 12.5 Å². The first-order valence-corrected chi connectivity index (χ1v) is 10.2. The van der Waals surface area contributed by atoms with E-state index in [9.17, 15) is 4.79 Å². The molecule has 0 bridgehead atoms. The van der Waals surface area contributed by atoms with Gasteiger partial charge >= 0.3 is 0 Å². The van der Waals surface area contributed by atoms with Gasteiger partial charge < -0.3 is 14.6 Å². The molecule has 29 heavy (non-hydrogen) atoms. The maximum atomic E-state index is 12.6. The van der Waals surface area contributed by atoms with Crippen LogP contribution in [0.25, 0.3) is 26.8 Å². The van der Waals surface area contributed by atoms with E-state index in [1.807, 2.05) is 12.1 Å². The summed E-state index contributed by atoms with van der Waals surface area (Å²) in [6, 6.07) is 5.77. The fourth-order valence-corrected chi connectivity index (χ4v) is 4.13. The summed E-state index contributed by atoms with van der Waals surface area (Å²) in [6.07, 6.45) is 6.21. The van der Waals surface area contributed by atoms with Gasteiger partial charge in [-0.05, 0) is 43.7 Å². The number of aromatic nitrogens is 3. The lowest BCUT2D eigenvalue weighted by Gasteiger charge is -2.26. The van der Waals surface area contributed by atoms with Crippen LogP contribution in [0.4, 0.5) is 5.69 Å². The Morgan fingerprint density at radius 2 is 2.07 bits per heavy atom. The number of carbonyl (C=O) groups excluding carboxylic acids is 1. The Morgan fingerprint density at radius 1 is 1.24 bits per heavy atom. The Balaban J connectivity index is 1.61. The van der Waals surface area contributed by atoms with Gasteiger partial charge in [0.25, 0.3) is 0 Å². The van der Waals surface area contributed by atoms with Crippen molar-refractivity contribution in [3.05, 3.63) is 41.6 Å². The average molecular weight is 389 g/mol. The highest BCUT2D eigenvalue weighted by Gasteiger charge is 2.26. The lowest BCUT2D eigenvalue weighted by atomic mass is 10.1. The number of ether oxygens (including phenoxy) is 1. The Kier molecular flexibility index (Phi) is 4.64. The molecule has 2 aliphatic rings. The van der Waals surface area contributed by atoms with Crippen molar-refractivity contribution in [1.29, 1.82) is 0 Å². The van der Waals surface area contributed by atoms with Crippen LogP contribution in [0.3, 0.4) is 0 Å². The monoisotopic (exact) mass is 389 g/mol. The van der Waals surface area contributed by atoms with Gasteiger partial charge in [-0.1, -0.05) is 6.07 Å². The summed E-state index contributed by atoms with van der Waals surface area (Å²) >= 11 is 0. The lowest BCUT2D eigenvalue weighted by Crippen LogP contribution is -2.29. The quantitative estimate of drug-likeness (QED) is 0.677. The molecule has 3 aromatic rings. The normalized spacial score (nSPS) is 17.5. The van der Waals surface area contributed by atoms with Crippen LogP contribution < -0.4 is 5.32 Å². The molecule has 7 nitrogen and oxygen atoms in total. The molecule has 2 fully saturated rings. The van der Waals surface area contributed by atoms with Crippen molar-refractivity contribution >= 4 is 33.5 Å². The molecule has 148 valence electrons. The van der Waals surface area contributed by atoms with E-state index in [0.717, 1.165) is 47.1 Å². The third kappa shape index (κ3) is 3.56. The van der Waals surface area contributed by atoms with Gasteiger partial charge in [-0.15, -0.1) is 0 Å². The summed E-state index contributed by atoms with van der Waals surface area (Å²) in [4.78, 5) is 25.5. The Labute approximate surface area is 168 Å². The minimum absolute atomic E-state index is 0.0135. The maximum absolute atomic E-state index is 12.6. The molecule has 1 amide bonds. The van der Waals surface area contributed by atoms with Gasteiger partial charge in [0.05, 0.1) is 30.2 Å². The second-order valence-electron chi connectivity index (χ2n) is 7.97. The molecule has 1 aliphatic carbocycles. The molecule has 1 aromatic carbocycles. The van der Waals surface area contributed by atoms with Gasteiger partial charge in [-0.2, -0.15) is 0 Å². The number of benzene rings is 1. The topological polar surface area (TPSA) is 73.4 Å². The third-order valence-corrected chi connectivity index (χ3v) is 5.86. The van der Waals surface area contributed by atoms with Crippen molar-refractivity contribution < 1.29 is 9.53 Å². The third-order valence-electron chi connectivity index (χ3n) is 5.86. The molecule has 0 unspecified atom stereocenters. The molecular formula is C22H23N5O2. The summed E-state index contributed by atoms with van der Waals surface area (Å²) in [5.74, 6) is 1.43.